The van der Waals surface area contributed by atoms with Crippen molar-refractivity contribution in [1.82, 2.24) is 5.32 Å². The Hall–Kier alpha value is -4.14. The van der Waals surface area contributed by atoms with E-state index in [4.69, 9.17) is 28.4 Å². The highest BCUT2D eigenvalue weighted by molar-refractivity contribution is 8.76. The van der Waals surface area contributed by atoms with E-state index < -0.39 is 118 Å². The molecule has 1 heterocycles. The summed E-state index contributed by atoms with van der Waals surface area (Å²) in [6.07, 6.45) is -8.42. The molecule has 4 aliphatic rings. The summed E-state index contributed by atoms with van der Waals surface area (Å²) in [6.45, 7) is 15.3. The minimum atomic E-state index is -2.42. The van der Waals surface area contributed by atoms with Crippen molar-refractivity contribution >= 4 is 63.0 Å². The number of nitrogens with one attached hydrogen (secondary N) is 1. The molecule has 4 N–H and O–H groups in total. The summed E-state index contributed by atoms with van der Waals surface area (Å²) in [5.74, 6) is -5.87. The molecule has 0 unspecified atom stereocenters. The molecule has 3 aliphatic carbocycles. The van der Waals surface area contributed by atoms with Crippen LogP contribution in [0.4, 0.5) is 10.5 Å². The Morgan fingerprint density at radius 3 is 2.29 bits per heavy atom. The number of allylic oxidation sites excluding steroid dienone is 1. The van der Waals surface area contributed by atoms with Crippen molar-refractivity contribution in [3.05, 3.63) is 52.6 Å². The molecular formula is C47H66N2O15S2. The number of benzene rings is 1. The van der Waals surface area contributed by atoms with Gasteiger partial charge in [0.05, 0.1) is 42.1 Å². The lowest BCUT2D eigenvalue weighted by atomic mass is 9.44. The van der Waals surface area contributed by atoms with Gasteiger partial charge in [0.1, 0.15) is 29.5 Å². The van der Waals surface area contributed by atoms with Gasteiger partial charge in [-0.1, -0.05) is 53.2 Å². The highest BCUT2D eigenvalue weighted by Crippen LogP contribution is 2.64. The van der Waals surface area contributed by atoms with E-state index >= 15 is 4.79 Å². The summed E-state index contributed by atoms with van der Waals surface area (Å²) >= 11 is 0. The lowest BCUT2D eigenvalue weighted by Crippen LogP contribution is -2.82. The first-order valence-electron chi connectivity index (χ1n) is 21.9. The molecule has 17 nitrogen and oxygen atoms in total. The molecule has 2 bridgehead atoms. The van der Waals surface area contributed by atoms with Gasteiger partial charge < -0.3 is 54.0 Å². The number of ether oxygens (including phenoxy) is 6. The SMILES string of the molecule is CSSCCC(=O)O[C@H]1C(=O)[C@@]2(C)[C@H]([C@H](OC(=O)c3cccc(N(C)C)c3)[C@]3(O)C[C@H](OC(=O)[C@H](O)[C@H](C=C(C)C)NC(=O)OC(C)(C)C)C(C)=C1C3(C)C)[C@]1(OC(C)=O)CO[C@@H]1C[C@@H]2O. The van der Waals surface area contributed by atoms with E-state index in [1.807, 2.05) is 6.26 Å². The Bertz CT molecular complexity index is 2130. The average Bonchev–Trinajstić information content (AvgIpc) is 3.20. The van der Waals surface area contributed by atoms with E-state index in [1.54, 1.807) is 85.7 Å². The number of fused-ring (bicyclic) bond motifs is 5. The fourth-order valence-corrected chi connectivity index (χ4v) is 11.1. The molecular weight excluding hydrogens is 897 g/mol. The highest BCUT2D eigenvalue weighted by Gasteiger charge is 2.78. The highest BCUT2D eigenvalue weighted by atomic mass is 33.1. The van der Waals surface area contributed by atoms with E-state index in [2.05, 4.69) is 5.32 Å². The third-order valence-electron chi connectivity index (χ3n) is 13.3. The molecule has 1 aromatic rings. The van der Waals surface area contributed by atoms with Crippen LogP contribution in [-0.2, 0) is 47.6 Å². The quantitative estimate of drug-likeness (QED) is 0.0640. The number of carbonyl (C=O) groups is 6. The Balaban J connectivity index is 1.77. The fraction of sp³-hybridized carbons (Fsp3) is 0.660. The molecule has 1 saturated heterocycles. The molecule has 0 radical (unpaired) electrons. The van der Waals surface area contributed by atoms with Crippen LogP contribution >= 0.6 is 21.6 Å². The second-order valence-corrected chi connectivity index (χ2v) is 22.4. The number of hydrogen-bond donors (Lipinski definition) is 4. The third kappa shape index (κ3) is 10.2. The number of hydrogen-bond acceptors (Lipinski definition) is 18. The summed E-state index contributed by atoms with van der Waals surface area (Å²) in [4.78, 5) is 86.4. The van der Waals surface area contributed by atoms with Crippen molar-refractivity contribution in [2.45, 2.75) is 148 Å². The lowest BCUT2D eigenvalue weighted by molar-refractivity contribution is -0.346. The van der Waals surface area contributed by atoms with Gasteiger partial charge in [-0.3, -0.25) is 14.4 Å². The Labute approximate surface area is 394 Å². The minimum absolute atomic E-state index is 0.00295. The van der Waals surface area contributed by atoms with Gasteiger partial charge in [-0.25, -0.2) is 14.4 Å². The van der Waals surface area contributed by atoms with Gasteiger partial charge in [0, 0.05) is 50.7 Å². The lowest BCUT2D eigenvalue weighted by Gasteiger charge is -2.67. The topological polar surface area (TPSA) is 234 Å². The van der Waals surface area contributed by atoms with Crippen LogP contribution in [0.3, 0.4) is 0 Å². The van der Waals surface area contributed by atoms with E-state index in [0.717, 1.165) is 6.92 Å². The summed E-state index contributed by atoms with van der Waals surface area (Å²) in [7, 11) is 6.38. The molecule has 2 saturated carbocycles. The van der Waals surface area contributed by atoms with Gasteiger partial charge in [-0.05, 0) is 84.1 Å². The summed E-state index contributed by atoms with van der Waals surface area (Å²) < 4.78 is 36.3. The first-order valence-corrected chi connectivity index (χ1v) is 24.6. The number of aliphatic hydroxyl groups excluding tert-OH is 2. The Kier molecular flexibility index (Phi) is 15.9. The number of esters is 4. The second-order valence-electron chi connectivity index (χ2n) is 19.7. The maximum absolute atomic E-state index is 15.8. The maximum Gasteiger partial charge on any atom is 0.408 e. The van der Waals surface area contributed by atoms with Gasteiger partial charge in [-0.2, -0.15) is 0 Å². The molecule has 11 atom stereocenters. The summed E-state index contributed by atoms with van der Waals surface area (Å²) in [6, 6.07) is 5.12. The number of rotatable bonds is 14. The fourth-order valence-electron chi connectivity index (χ4n) is 9.96. The van der Waals surface area contributed by atoms with Crippen LogP contribution in [0.2, 0.25) is 0 Å². The predicted molar refractivity (Wildman–Crippen MR) is 246 cm³/mol. The van der Waals surface area contributed by atoms with Crippen molar-refractivity contribution in [3.63, 3.8) is 0 Å². The molecule has 66 heavy (non-hydrogen) atoms. The standard InChI is InChI=1S/C47H66N2O15S2/c1-24(2)19-29(48-42(57)64-43(5,6)7)35(53)41(56)60-30-22-47(58)39(62-40(55)27-15-14-16-28(20-27)49(11)12)37-45(10,31(51)21-32-46(37,23-59-32)63-26(4)50)38(54)36(34(25(30)3)44(47,8)9)61-33(52)17-18-66-65-13/h14-16,19-20,29-32,35-37,39,51,53,58H,17-18,21-23H2,1-13H3,(H,48,57)/t29-,30-,31-,32+,35+,36+,37-,39-,45+,46-,47+/m0/s1. The number of nitrogens with zero attached hydrogens (tertiary/aromatic N) is 1. The number of anilines is 1. The third-order valence-corrected chi connectivity index (χ3v) is 15.1. The minimum Gasteiger partial charge on any atom is -0.456 e. The molecule has 1 aliphatic heterocycles. The van der Waals surface area contributed by atoms with Gasteiger partial charge in [0.25, 0.3) is 0 Å². The smallest absolute Gasteiger partial charge is 0.408 e. The van der Waals surface area contributed by atoms with Crippen molar-refractivity contribution in [1.29, 1.82) is 0 Å². The number of carbonyl (C=O) groups excluding carboxylic acids is 6. The zero-order valence-electron chi connectivity index (χ0n) is 40.0. The number of aliphatic hydroxyl groups is 3. The van der Waals surface area contributed by atoms with Crippen molar-refractivity contribution < 1.29 is 72.5 Å². The zero-order valence-corrected chi connectivity index (χ0v) is 41.7. The van der Waals surface area contributed by atoms with Crippen molar-refractivity contribution in [2.24, 2.45) is 16.7 Å². The molecule has 5 rings (SSSR count). The second kappa shape index (κ2) is 19.8. The van der Waals surface area contributed by atoms with Gasteiger partial charge in [0.2, 0.25) is 0 Å². The van der Waals surface area contributed by atoms with Crippen LogP contribution in [0.15, 0.2) is 47.1 Å². The average molecular weight is 963 g/mol. The normalized spacial score (nSPS) is 30.9. The number of Topliss-reactive ketones (excluding diaryl/α,β-unsaturated/α-hetero) is 1. The van der Waals surface area contributed by atoms with Crippen molar-refractivity contribution in [3.8, 4) is 0 Å². The molecule has 3 fully saturated rings. The monoisotopic (exact) mass is 962 g/mol. The van der Waals surface area contributed by atoms with Gasteiger partial charge >= 0.3 is 30.0 Å². The summed E-state index contributed by atoms with van der Waals surface area (Å²) in [5, 5.41) is 40.2. The molecule has 366 valence electrons. The molecule has 1 amide bonds. The molecule has 0 spiro atoms. The van der Waals surface area contributed by atoms with E-state index in [9.17, 15) is 39.3 Å². The Morgan fingerprint density at radius 1 is 1.06 bits per heavy atom. The molecule has 19 heteroatoms. The van der Waals surface area contributed by atoms with Gasteiger partial charge in [-0.15, -0.1) is 0 Å². The van der Waals surface area contributed by atoms with Gasteiger partial charge in [0.15, 0.2) is 23.6 Å². The number of amides is 1. The van der Waals surface area contributed by atoms with Crippen LogP contribution in [0, 0.1) is 16.7 Å². The maximum atomic E-state index is 15.8. The van der Waals surface area contributed by atoms with Crippen LogP contribution in [-0.4, -0.2) is 143 Å². The van der Waals surface area contributed by atoms with E-state index in [1.165, 1.54) is 47.6 Å². The van der Waals surface area contributed by atoms with Crippen LogP contribution in [0.5, 0.6) is 0 Å². The van der Waals surface area contributed by atoms with Crippen molar-refractivity contribution in [2.75, 3.05) is 37.6 Å². The molecule has 1 aromatic carbocycles. The van der Waals surface area contributed by atoms with E-state index in [-0.39, 0.29) is 36.2 Å². The zero-order chi connectivity index (χ0) is 49.5. The first kappa shape index (κ1) is 52.8. The Morgan fingerprint density at radius 2 is 1.73 bits per heavy atom. The van der Waals surface area contributed by atoms with Crippen LogP contribution < -0.4 is 10.2 Å². The number of ketones is 1. The van der Waals surface area contributed by atoms with Crippen LogP contribution in [0.25, 0.3) is 0 Å². The largest absolute Gasteiger partial charge is 0.456 e. The predicted octanol–water partition coefficient (Wildman–Crippen LogP) is 4.87. The molecule has 0 aromatic heterocycles. The summed E-state index contributed by atoms with van der Waals surface area (Å²) in [5.41, 5.74) is -7.42. The van der Waals surface area contributed by atoms with Crippen LogP contribution in [0.1, 0.15) is 98.9 Å². The van der Waals surface area contributed by atoms with E-state index in [0.29, 0.717) is 17.0 Å². The first-order chi connectivity index (χ1) is 30.5. The number of alkyl carbamates (subject to hydrolysis) is 1.